The summed E-state index contributed by atoms with van der Waals surface area (Å²) in [7, 11) is 0. The first-order valence-electron chi connectivity index (χ1n) is 5.71. The second-order valence-corrected chi connectivity index (χ2v) is 4.86. The molecule has 1 heterocycles. The smallest absolute Gasteiger partial charge is 0.274 e. The molecule has 5 nitrogen and oxygen atoms in total. The highest BCUT2D eigenvalue weighted by Crippen LogP contribution is 2.27. The molecular formula is C12H12FN3O2S. The standard InChI is InChI=1S/C12H12FN3O2S/c1-2-11(12-14-3-4-19-12)15-9-5-8(13)6-10(7-9)16(17)18/h3-7,11,15H,2H2,1H3. The van der Waals surface area contributed by atoms with E-state index < -0.39 is 10.7 Å². The molecule has 1 aromatic carbocycles. The van der Waals surface area contributed by atoms with Gasteiger partial charge in [0.2, 0.25) is 0 Å². The topological polar surface area (TPSA) is 68.1 Å². The molecule has 0 aliphatic carbocycles. The predicted molar refractivity (Wildman–Crippen MR) is 71.8 cm³/mol. The molecule has 0 bridgehead atoms. The summed E-state index contributed by atoms with van der Waals surface area (Å²) in [6, 6.07) is 3.37. The molecule has 0 aliphatic rings. The molecule has 0 saturated heterocycles. The summed E-state index contributed by atoms with van der Waals surface area (Å²) in [5.74, 6) is -0.634. The molecule has 0 aliphatic heterocycles. The Morgan fingerprint density at radius 2 is 2.32 bits per heavy atom. The lowest BCUT2D eigenvalue weighted by Gasteiger charge is -2.15. The van der Waals surface area contributed by atoms with E-state index in [1.165, 1.54) is 23.5 Å². The van der Waals surface area contributed by atoms with Crippen molar-refractivity contribution in [3.63, 3.8) is 0 Å². The summed E-state index contributed by atoms with van der Waals surface area (Å²) in [6.07, 6.45) is 2.44. The normalized spacial score (nSPS) is 12.1. The second kappa shape index (κ2) is 5.75. The van der Waals surface area contributed by atoms with Gasteiger partial charge < -0.3 is 5.32 Å². The molecule has 0 saturated carbocycles. The zero-order valence-electron chi connectivity index (χ0n) is 10.2. The van der Waals surface area contributed by atoms with E-state index in [0.717, 1.165) is 17.5 Å². The highest BCUT2D eigenvalue weighted by atomic mass is 32.1. The van der Waals surface area contributed by atoms with Gasteiger partial charge in [-0.2, -0.15) is 0 Å². The number of rotatable bonds is 5. The molecule has 100 valence electrons. The Balaban J connectivity index is 2.24. The molecule has 1 unspecified atom stereocenters. The number of hydrogen-bond donors (Lipinski definition) is 1. The molecule has 2 rings (SSSR count). The van der Waals surface area contributed by atoms with Crippen molar-refractivity contribution in [2.75, 3.05) is 5.32 Å². The summed E-state index contributed by atoms with van der Waals surface area (Å²) in [4.78, 5) is 14.3. The number of hydrogen-bond acceptors (Lipinski definition) is 5. The van der Waals surface area contributed by atoms with Crippen LogP contribution in [-0.2, 0) is 0 Å². The van der Waals surface area contributed by atoms with Gasteiger partial charge in [0.15, 0.2) is 0 Å². The van der Waals surface area contributed by atoms with E-state index in [-0.39, 0.29) is 11.7 Å². The van der Waals surface area contributed by atoms with Crippen LogP contribution in [0.1, 0.15) is 24.4 Å². The van der Waals surface area contributed by atoms with Gasteiger partial charge in [0.25, 0.3) is 5.69 Å². The van der Waals surface area contributed by atoms with Crippen molar-refractivity contribution in [3.05, 3.63) is 50.7 Å². The number of anilines is 1. The average Bonchev–Trinajstić information content (AvgIpc) is 2.89. The van der Waals surface area contributed by atoms with Crippen LogP contribution in [0, 0.1) is 15.9 Å². The first-order chi connectivity index (χ1) is 9.10. The molecule has 0 spiro atoms. The maximum atomic E-state index is 13.3. The summed E-state index contributed by atoms with van der Waals surface area (Å²) in [6.45, 7) is 1.97. The van der Waals surface area contributed by atoms with Gasteiger partial charge in [0.1, 0.15) is 10.8 Å². The molecular weight excluding hydrogens is 269 g/mol. The van der Waals surface area contributed by atoms with Crippen molar-refractivity contribution in [3.8, 4) is 0 Å². The van der Waals surface area contributed by atoms with Crippen molar-refractivity contribution in [2.45, 2.75) is 19.4 Å². The fourth-order valence-electron chi connectivity index (χ4n) is 1.71. The summed E-state index contributed by atoms with van der Waals surface area (Å²) >= 11 is 1.49. The van der Waals surface area contributed by atoms with Crippen LogP contribution in [0.3, 0.4) is 0 Å². The first-order valence-corrected chi connectivity index (χ1v) is 6.59. The lowest BCUT2D eigenvalue weighted by Crippen LogP contribution is -2.09. The maximum Gasteiger partial charge on any atom is 0.274 e. The zero-order valence-corrected chi connectivity index (χ0v) is 11.0. The van der Waals surface area contributed by atoms with Crippen LogP contribution in [0.4, 0.5) is 15.8 Å². The van der Waals surface area contributed by atoms with Crippen molar-refractivity contribution in [2.24, 2.45) is 0 Å². The van der Waals surface area contributed by atoms with Gasteiger partial charge in [-0.15, -0.1) is 11.3 Å². The number of aromatic nitrogens is 1. The van der Waals surface area contributed by atoms with E-state index in [4.69, 9.17) is 0 Å². The van der Waals surface area contributed by atoms with Crippen molar-refractivity contribution in [1.82, 2.24) is 4.98 Å². The lowest BCUT2D eigenvalue weighted by molar-refractivity contribution is -0.385. The van der Waals surface area contributed by atoms with Gasteiger partial charge in [0, 0.05) is 23.3 Å². The largest absolute Gasteiger partial charge is 0.376 e. The number of non-ortho nitro benzene ring substituents is 1. The van der Waals surface area contributed by atoms with Crippen LogP contribution in [0.15, 0.2) is 29.8 Å². The quantitative estimate of drug-likeness (QED) is 0.669. The number of nitrogens with zero attached hydrogens (tertiary/aromatic N) is 2. The minimum absolute atomic E-state index is 0.0820. The SMILES string of the molecule is CCC(Nc1cc(F)cc([N+](=O)[O-])c1)c1nccs1. The third-order valence-electron chi connectivity index (χ3n) is 2.59. The minimum atomic E-state index is -0.634. The Morgan fingerprint density at radius 1 is 1.53 bits per heavy atom. The van der Waals surface area contributed by atoms with Crippen molar-refractivity contribution < 1.29 is 9.31 Å². The van der Waals surface area contributed by atoms with Crippen LogP contribution < -0.4 is 5.32 Å². The third-order valence-corrected chi connectivity index (χ3v) is 3.48. The molecule has 19 heavy (non-hydrogen) atoms. The maximum absolute atomic E-state index is 13.3. The molecule has 1 aromatic heterocycles. The zero-order chi connectivity index (χ0) is 13.8. The van der Waals surface area contributed by atoms with E-state index in [1.807, 2.05) is 12.3 Å². The van der Waals surface area contributed by atoms with Crippen LogP contribution in [0.5, 0.6) is 0 Å². The Morgan fingerprint density at radius 3 is 2.89 bits per heavy atom. The fourth-order valence-corrected chi connectivity index (χ4v) is 2.48. The summed E-state index contributed by atoms with van der Waals surface area (Å²) in [5.41, 5.74) is 0.116. The monoisotopic (exact) mass is 281 g/mol. The molecule has 1 N–H and O–H groups in total. The second-order valence-electron chi connectivity index (χ2n) is 3.93. The van der Waals surface area contributed by atoms with E-state index in [0.29, 0.717) is 5.69 Å². The first kappa shape index (κ1) is 13.4. The highest BCUT2D eigenvalue weighted by molar-refractivity contribution is 7.09. The predicted octanol–water partition coefficient (Wildman–Crippen LogP) is 3.75. The van der Waals surface area contributed by atoms with Crippen LogP contribution in [0.2, 0.25) is 0 Å². The highest BCUT2D eigenvalue weighted by Gasteiger charge is 2.15. The lowest BCUT2D eigenvalue weighted by atomic mass is 10.2. The Bertz CT molecular complexity index is 574. The van der Waals surface area contributed by atoms with Crippen molar-refractivity contribution in [1.29, 1.82) is 0 Å². The average molecular weight is 281 g/mol. The number of halogens is 1. The third kappa shape index (κ3) is 3.25. The number of nitro groups is 1. The van der Waals surface area contributed by atoms with Crippen molar-refractivity contribution >= 4 is 22.7 Å². The van der Waals surface area contributed by atoms with Crippen LogP contribution in [-0.4, -0.2) is 9.91 Å². The number of nitro benzene ring substituents is 1. The van der Waals surface area contributed by atoms with Gasteiger partial charge in [-0.05, 0) is 12.5 Å². The molecule has 0 radical (unpaired) electrons. The summed E-state index contributed by atoms with van der Waals surface area (Å²) < 4.78 is 13.3. The molecule has 0 fully saturated rings. The summed E-state index contributed by atoms with van der Waals surface area (Å²) in [5, 5.41) is 16.5. The minimum Gasteiger partial charge on any atom is -0.376 e. The van der Waals surface area contributed by atoms with E-state index in [9.17, 15) is 14.5 Å². The fraction of sp³-hybridized carbons (Fsp3) is 0.250. The molecule has 0 amide bonds. The van der Waals surface area contributed by atoms with Gasteiger partial charge in [-0.1, -0.05) is 6.92 Å². The van der Waals surface area contributed by atoms with Crippen LogP contribution >= 0.6 is 11.3 Å². The Hall–Kier alpha value is -2.02. The van der Waals surface area contributed by atoms with Gasteiger partial charge >= 0.3 is 0 Å². The van der Waals surface area contributed by atoms with Gasteiger partial charge in [0.05, 0.1) is 17.0 Å². The molecule has 7 heteroatoms. The molecule has 2 aromatic rings. The number of benzene rings is 1. The van der Waals surface area contributed by atoms with E-state index >= 15 is 0 Å². The molecule has 1 atom stereocenters. The Labute approximate surface area is 113 Å². The van der Waals surface area contributed by atoms with Crippen LogP contribution in [0.25, 0.3) is 0 Å². The number of nitrogens with one attached hydrogen (secondary N) is 1. The van der Waals surface area contributed by atoms with Gasteiger partial charge in [-0.25, -0.2) is 9.37 Å². The Kier molecular flexibility index (Phi) is 4.06. The van der Waals surface area contributed by atoms with E-state index in [1.54, 1.807) is 6.20 Å². The number of thiazole rings is 1. The van der Waals surface area contributed by atoms with Gasteiger partial charge in [-0.3, -0.25) is 10.1 Å². The van der Waals surface area contributed by atoms with E-state index in [2.05, 4.69) is 10.3 Å².